The van der Waals surface area contributed by atoms with Gasteiger partial charge in [0.2, 0.25) is 0 Å². The monoisotopic (exact) mass is 266 g/mol. The van der Waals surface area contributed by atoms with Gasteiger partial charge < -0.3 is 15.3 Å². The molecule has 1 heterocycles. The first-order valence-electron chi connectivity index (χ1n) is 6.51. The van der Waals surface area contributed by atoms with Gasteiger partial charge >= 0.3 is 5.97 Å². The molecule has 0 unspecified atom stereocenters. The highest BCUT2D eigenvalue weighted by Crippen LogP contribution is 2.20. The average molecular weight is 266 g/mol. The molecule has 1 aromatic carbocycles. The summed E-state index contributed by atoms with van der Waals surface area (Å²) in [6.07, 6.45) is 2.17. The minimum absolute atomic E-state index is 0.104. The highest BCUT2D eigenvalue weighted by atomic mass is 19.1. The van der Waals surface area contributed by atoms with Gasteiger partial charge in [-0.2, -0.15) is 0 Å². The molecule has 0 bridgehead atoms. The molecule has 0 aliphatic carbocycles. The summed E-state index contributed by atoms with van der Waals surface area (Å²) in [6.45, 7) is 2.81. The normalized spacial score (nSPS) is 17.4. The predicted molar refractivity (Wildman–Crippen MR) is 72.1 cm³/mol. The quantitative estimate of drug-likeness (QED) is 0.878. The van der Waals surface area contributed by atoms with Crippen LogP contribution in [0.2, 0.25) is 0 Å². The van der Waals surface area contributed by atoms with Crippen LogP contribution in [0.3, 0.4) is 0 Å². The third-order valence-electron chi connectivity index (χ3n) is 3.63. The Balaban J connectivity index is 1.95. The van der Waals surface area contributed by atoms with Crippen LogP contribution < -0.4 is 5.32 Å². The number of hydrogen-bond acceptors (Lipinski definition) is 3. The van der Waals surface area contributed by atoms with Crippen LogP contribution in [0.5, 0.6) is 0 Å². The highest BCUT2D eigenvalue weighted by Gasteiger charge is 2.17. The molecule has 1 aliphatic heterocycles. The van der Waals surface area contributed by atoms with E-state index in [0.717, 1.165) is 25.9 Å². The number of carbonyl (C=O) groups is 1. The summed E-state index contributed by atoms with van der Waals surface area (Å²) in [5, 5.41) is 11.9. The molecular weight excluding hydrogens is 247 g/mol. The van der Waals surface area contributed by atoms with Gasteiger partial charge in [-0.15, -0.1) is 0 Å². The number of aromatic carboxylic acids is 1. The number of hydrogen-bond donors (Lipinski definition) is 2. The molecule has 104 valence electrons. The van der Waals surface area contributed by atoms with E-state index in [1.54, 1.807) is 0 Å². The largest absolute Gasteiger partial charge is 0.478 e. The van der Waals surface area contributed by atoms with Gasteiger partial charge in [0.25, 0.3) is 0 Å². The fraction of sp³-hybridized carbons (Fsp3) is 0.500. The van der Waals surface area contributed by atoms with E-state index in [1.165, 1.54) is 18.2 Å². The molecule has 19 heavy (non-hydrogen) atoms. The third kappa shape index (κ3) is 3.67. The second-order valence-corrected chi connectivity index (χ2v) is 5.13. The summed E-state index contributed by atoms with van der Waals surface area (Å²) in [5.74, 6) is -0.927. The minimum Gasteiger partial charge on any atom is -0.478 e. The third-order valence-corrected chi connectivity index (χ3v) is 3.63. The van der Waals surface area contributed by atoms with Crippen LogP contribution in [0.1, 0.15) is 23.2 Å². The standard InChI is InChI=1S/C14H19FN2O2/c1-17-6-4-10(5-7-17)9-16-13-8-11(14(18)19)2-3-12(13)15/h2-3,8,10,16H,4-7,9H2,1H3,(H,18,19). The number of carboxylic acids is 1. The zero-order valence-corrected chi connectivity index (χ0v) is 11.0. The summed E-state index contributed by atoms with van der Waals surface area (Å²) in [4.78, 5) is 13.1. The SMILES string of the molecule is CN1CCC(CNc2cc(C(=O)O)ccc2F)CC1. The molecule has 0 saturated carbocycles. The zero-order valence-electron chi connectivity index (χ0n) is 11.0. The molecule has 1 aliphatic rings. The van der Waals surface area contributed by atoms with E-state index in [2.05, 4.69) is 17.3 Å². The number of piperidine rings is 1. The Hall–Kier alpha value is -1.62. The summed E-state index contributed by atoms with van der Waals surface area (Å²) < 4.78 is 13.6. The van der Waals surface area contributed by atoms with E-state index >= 15 is 0 Å². The molecule has 0 atom stereocenters. The molecule has 4 nitrogen and oxygen atoms in total. The fourth-order valence-electron chi connectivity index (χ4n) is 2.31. The Morgan fingerprint density at radius 1 is 1.47 bits per heavy atom. The zero-order chi connectivity index (χ0) is 13.8. The molecule has 2 rings (SSSR count). The summed E-state index contributed by atoms with van der Waals surface area (Å²) in [7, 11) is 2.10. The van der Waals surface area contributed by atoms with E-state index in [1.807, 2.05) is 0 Å². The topological polar surface area (TPSA) is 52.6 Å². The Morgan fingerprint density at radius 3 is 2.79 bits per heavy atom. The van der Waals surface area contributed by atoms with Crippen molar-refractivity contribution in [2.75, 3.05) is 32.0 Å². The van der Waals surface area contributed by atoms with Crippen molar-refractivity contribution in [1.29, 1.82) is 0 Å². The van der Waals surface area contributed by atoms with E-state index < -0.39 is 11.8 Å². The lowest BCUT2D eigenvalue weighted by Gasteiger charge is -2.29. The number of halogens is 1. The van der Waals surface area contributed by atoms with E-state index in [0.29, 0.717) is 12.5 Å². The maximum absolute atomic E-state index is 13.6. The predicted octanol–water partition coefficient (Wildman–Crippen LogP) is 2.28. The van der Waals surface area contributed by atoms with Gasteiger partial charge in [0, 0.05) is 6.54 Å². The number of likely N-dealkylation sites (tertiary alicyclic amines) is 1. The molecule has 0 aromatic heterocycles. The molecule has 1 saturated heterocycles. The number of anilines is 1. The second kappa shape index (κ2) is 6.02. The molecule has 2 N–H and O–H groups in total. The fourth-order valence-corrected chi connectivity index (χ4v) is 2.31. The van der Waals surface area contributed by atoms with Crippen molar-refractivity contribution >= 4 is 11.7 Å². The molecule has 0 radical (unpaired) electrons. The molecule has 1 aromatic rings. The van der Waals surface area contributed by atoms with Gasteiger partial charge in [-0.3, -0.25) is 0 Å². The highest BCUT2D eigenvalue weighted by molar-refractivity contribution is 5.88. The Bertz CT molecular complexity index is 457. The molecule has 1 fully saturated rings. The van der Waals surface area contributed by atoms with Crippen molar-refractivity contribution in [1.82, 2.24) is 4.90 Å². The van der Waals surface area contributed by atoms with Crippen LogP contribution in [-0.4, -0.2) is 42.7 Å². The molecule has 0 spiro atoms. The lowest BCUT2D eigenvalue weighted by molar-refractivity contribution is 0.0697. The van der Waals surface area contributed by atoms with E-state index in [-0.39, 0.29) is 11.3 Å². The van der Waals surface area contributed by atoms with Crippen LogP contribution in [-0.2, 0) is 0 Å². The van der Waals surface area contributed by atoms with E-state index in [9.17, 15) is 9.18 Å². The van der Waals surface area contributed by atoms with E-state index in [4.69, 9.17) is 5.11 Å². The smallest absolute Gasteiger partial charge is 0.335 e. The maximum Gasteiger partial charge on any atom is 0.335 e. The number of nitrogens with zero attached hydrogens (tertiary/aromatic N) is 1. The van der Waals surface area contributed by atoms with Gasteiger partial charge in [-0.1, -0.05) is 0 Å². The number of rotatable bonds is 4. The lowest BCUT2D eigenvalue weighted by Crippen LogP contribution is -2.33. The first kappa shape index (κ1) is 13.8. The van der Waals surface area contributed by atoms with Gasteiger partial charge in [-0.05, 0) is 57.1 Å². The first-order chi connectivity index (χ1) is 9.06. The van der Waals surface area contributed by atoms with Crippen molar-refractivity contribution in [3.05, 3.63) is 29.6 Å². The molecule has 5 heteroatoms. The van der Waals surface area contributed by atoms with Crippen LogP contribution >= 0.6 is 0 Å². The van der Waals surface area contributed by atoms with Gasteiger partial charge in [0.05, 0.1) is 11.3 Å². The minimum atomic E-state index is -1.04. The Labute approximate surface area is 112 Å². The van der Waals surface area contributed by atoms with Gasteiger partial charge in [-0.25, -0.2) is 9.18 Å². The van der Waals surface area contributed by atoms with Crippen molar-refractivity contribution in [2.45, 2.75) is 12.8 Å². The number of benzene rings is 1. The average Bonchev–Trinajstić information content (AvgIpc) is 2.39. The Kier molecular flexibility index (Phi) is 4.37. The molecular formula is C14H19FN2O2. The summed E-state index contributed by atoms with van der Waals surface area (Å²) >= 11 is 0. The second-order valence-electron chi connectivity index (χ2n) is 5.13. The van der Waals surface area contributed by atoms with Crippen molar-refractivity contribution < 1.29 is 14.3 Å². The van der Waals surface area contributed by atoms with Gasteiger partial charge in [0.15, 0.2) is 0 Å². The van der Waals surface area contributed by atoms with Gasteiger partial charge in [0.1, 0.15) is 5.82 Å². The van der Waals surface area contributed by atoms with Crippen LogP contribution in [0.25, 0.3) is 0 Å². The van der Waals surface area contributed by atoms with Crippen molar-refractivity contribution in [2.24, 2.45) is 5.92 Å². The van der Waals surface area contributed by atoms with Crippen LogP contribution in [0.4, 0.5) is 10.1 Å². The Morgan fingerprint density at radius 2 is 2.16 bits per heavy atom. The molecule has 0 amide bonds. The van der Waals surface area contributed by atoms with Crippen molar-refractivity contribution in [3.8, 4) is 0 Å². The summed E-state index contributed by atoms with van der Waals surface area (Å²) in [6, 6.07) is 3.82. The lowest BCUT2D eigenvalue weighted by atomic mass is 9.97. The number of nitrogens with one attached hydrogen (secondary N) is 1. The first-order valence-corrected chi connectivity index (χ1v) is 6.51. The van der Waals surface area contributed by atoms with Crippen molar-refractivity contribution in [3.63, 3.8) is 0 Å². The maximum atomic E-state index is 13.6. The van der Waals surface area contributed by atoms with Crippen LogP contribution in [0, 0.1) is 11.7 Å². The summed E-state index contributed by atoms with van der Waals surface area (Å²) in [5.41, 5.74) is 0.381. The van der Waals surface area contributed by atoms with Crippen LogP contribution in [0.15, 0.2) is 18.2 Å². The number of carboxylic acid groups (broad SMARTS) is 1.